The highest BCUT2D eigenvalue weighted by Gasteiger charge is 2.28. The van der Waals surface area contributed by atoms with Gasteiger partial charge in [-0.2, -0.15) is 0 Å². The van der Waals surface area contributed by atoms with Crippen LogP contribution in [0.15, 0.2) is 23.1 Å². The minimum atomic E-state index is -3.64. The molecule has 0 bridgehead atoms. The Kier molecular flexibility index (Phi) is 4.20. The zero-order valence-electron chi connectivity index (χ0n) is 10.2. The summed E-state index contributed by atoms with van der Waals surface area (Å²) in [5.74, 6) is 4.46. The Morgan fingerprint density at radius 1 is 1.42 bits per heavy atom. The second kappa shape index (κ2) is 5.70. The number of halogens is 1. The van der Waals surface area contributed by atoms with Crippen molar-refractivity contribution >= 4 is 10.0 Å². The second-order valence-electron chi connectivity index (χ2n) is 4.31. The van der Waals surface area contributed by atoms with E-state index in [1.165, 1.54) is 12.1 Å². The highest BCUT2D eigenvalue weighted by atomic mass is 32.2. The molecule has 1 aromatic rings. The van der Waals surface area contributed by atoms with E-state index in [1.807, 2.05) is 0 Å². The van der Waals surface area contributed by atoms with Gasteiger partial charge in [0, 0.05) is 12.5 Å². The third-order valence-corrected chi connectivity index (χ3v) is 4.13. The van der Waals surface area contributed by atoms with Gasteiger partial charge in [-0.25, -0.2) is 17.5 Å². The van der Waals surface area contributed by atoms with Crippen molar-refractivity contribution in [2.45, 2.75) is 30.2 Å². The fourth-order valence-electron chi connectivity index (χ4n) is 1.47. The number of hydrogen-bond acceptors (Lipinski definition) is 3. The first kappa shape index (κ1) is 14.0. The summed E-state index contributed by atoms with van der Waals surface area (Å²) in [5.41, 5.74) is 0.124. The average molecular weight is 283 g/mol. The fraction of sp³-hybridized carbons (Fsp3) is 0.385. The average Bonchev–Trinajstić information content (AvgIpc) is 3.14. The Bertz CT molecular complexity index is 627. The van der Waals surface area contributed by atoms with E-state index < -0.39 is 15.8 Å². The van der Waals surface area contributed by atoms with Crippen molar-refractivity contribution in [3.8, 4) is 11.8 Å². The Morgan fingerprint density at radius 3 is 2.74 bits per heavy atom. The number of benzene rings is 1. The predicted octanol–water partition coefficient (Wildman–Crippen LogP) is 1.00. The van der Waals surface area contributed by atoms with Crippen LogP contribution >= 0.6 is 0 Å². The molecule has 19 heavy (non-hydrogen) atoms. The molecule has 1 saturated carbocycles. The molecule has 0 radical (unpaired) electrons. The summed E-state index contributed by atoms with van der Waals surface area (Å²) < 4.78 is 39.9. The molecule has 0 saturated heterocycles. The predicted molar refractivity (Wildman–Crippen MR) is 68.3 cm³/mol. The van der Waals surface area contributed by atoms with Crippen molar-refractivity contribution in [2.24, 2.45) is 0 Å². The van der Waals surface area contributed by atoms with Crippen molar-refractivity contribution in [1.29, 1.82) is 0 Å². The topological polar surface area (TPSA) is 66.4 Å². The van der Waals surface area contributed by atoms with Crippen LogP contribution in [0, 0.1) is 17.7 Å². The number of hydrogen-bond donors (Lipinski definition) is 2. The molecule has 0 atom stereocenters. The molecule has 0 aromatic heterocycles. The van der Waals surface area contributed by atoms with Gasteiger partial charge in [0.2, 0.25) is 10.0 Å². The van der Waals surface area contributed by atoms with Gasteiger partial charge in [-0.15, -0.1) is 0 Å². The lowest BCUT2D eigenvalue weighted by Gasteiger charge is -2.05. The molecule has 102 valence electrons. The Morgan fingerprint density at radius 2 is 2.16 bits per heavy atom. The molecule has 2 rings (SSSR count). The van der Waals surface area contributed by atoms with Crippen LogP contribution in [0.5, 0.6) is 0 Å². The maximum absolute atomic E-state index is 13.7. The van der Waals surface area contributed by atoms with Gasteiger partial charge < -0.3 is 5.11 Å². The number of aliphatic hydroxyl groups is 1. The van der Waals surface area contributed by atoms with E-state index in [0.717, 1.165) is 18.9 Å². The summed E-state index contributed by atoms with van der Waals surface area (Å²) in [6.45, 7) is -0.0909. The third kappa shape index (κ3) is 3.77. The van der Waals surface area contributed by atoms with Gasteiger partial charge in [0.25, 0.3) is 0 Å². The van der Waals surface area contributed by atoms with E-state index in [4.69, 9.17) is 5.11 Å². The summed E-state index contributed by atoms with van der Waals surface area (Å²) in [4.78, 5) is -0.0930. The molecule has 1 fully saturated rings. The summed E-state index contributed by atoms with van der Waals surface area (Å²) >= 11 is 0. The van der Waals surface area contributed by atoms with E-state index in [-0.39, 0.29) is 29.5 Å². The number of nitrogens with one attached hydrogen (secondary N) is 1. The van der Waals surface area contributed by atoms with Gasteiger partial charge >= 0.3 is 0 Å². The van der Waals surface area contributed by atoms with Crippen molar-refractivity contribution in [1.82, 2.24) is 4.72 Å². The molecule has 0 amide bonds. The smallest absolute Gasteiger partial charge is 0.240 e. The normalized spacial score (nSPS) is 14.8. The maximum atomic E-state index is 13.7. The van der Waals surface area contributed by atoms with Gasteiger partial charge in [-0.3, -0.25) is 0 Å². The largest absolute Gasteiger partial charge is 0.395 e. The van der Waals surface area contributed by atoms with E-state index in [9.17, 15) is 12.8 Å². The third-order valence-electron chi connectivity index (χ3n) is 2.61. The standard InChI is InChI=1S/C13H14FNO3S/c14-13-9-12(19(17,18)15-11-5-6-11)7-4-10(13)3-1-2-8-16/h4,7,9,11,15-16H,2,5-6,8H2. The summed E-state index contributed by atoms with van der Waals surface area (Å²) in [7, 11) is -3.64. The van der Waals surface area contributed by atoms with Crippen LogP contribution in [0.3, 0.4) is 0 Å². The number of aliphatic hydroxyl groups excluding tert-OH is 1. The molecule has 2 N–H and O–H groups in total. The lowest BCUT2D eigenvalue weighted by molar-refractivity contribution is 0.305. The molecule has 0 spiro atoms. The van der Waals surface area contributed by atoms with Crippen LogP contribution in [-0.4, -0.2) is 26.2 Å². The zero-order chi connectivity index (χ0) is 13.9. The molecular weight excluding hydrogens is 269 g/mol. The molecule has 6 heteroatoms. The van der Waals surface area contributed by atoms with Crippen LogP contribution in [0.4, 0.5) is 4.39 Å². The first-order valence-corrected chi connectivity index (χ1v) is 7.43. The van der Waals surface area contributed by atoms with Crippen molar-refractivity contribution < 1.29 is 17.9 Å². The van der Waals surface area contributed by atoms with Crippen LogP contribution in [-0.2, 0) is 10.0 Å². The minimum Gasteiger partial charge on any atom is -0.395 e. The number of sulfonamides is 1. The van der Waals surface area contributed by atoms with E-state index in [1.54, 1.807) is 0 Å². The van der Waals surface area contributed by atoms with Gasteiger partial charge in [0.15, 0.2) is 0 Å². The van der Waals surface area contributed by atoms with Gasteiger partial charge in [-0.1, -0.05) is 11.8 Å². The number of rotatable bonds is 4. The first-order chi connectivity index (χ1) is 9.03. The van der Waals surface area contributed by atoms with E-state index >= 15 is 0 Å². The Balaban J connectivity index is 2.21. The minimum absolute atomic E-state index is 0.0166. The van der Waals surface area contributed by atoms with Crippen LogP contribution in [0.2, 0.25) is 0 Å². The van der Waals surface area contributed by atoms with E-state index in [2.05, 4.69) is 16.6 Å². The second-order valence-corrected chi connectivity index (χ2v) is 6.03. The van der Waals surface area contributed by atoms with Crippen molar-refractivity contribution in [3.63, 3.8) is 0 Å². The lowest BCUT2D eigenvalue weighted by Crippen LogP contribution is -2.25. The molecule has 1 aliphatic rings. The van der Waals surface area contributed by atoms with Gasteiger partial charge in [0.1, 0.15) is 5.82 Å². The molecule has 4 nitrogen and oxygen atoms in total. The molecule has 1 aromatic carbocycles. The van der Waals surface area contributed by atoms with Crippen molar-refractivity contribution in [2.75, 3.05) is 6.61 Å². The van der Waals surface area contributed by atoms with Gasteiger partial charge in [-0.05, 0) is 31.0 Å². The summed E-state index contributed by atoms with van der Waals surface area (Å²) in [6, 6.07) is 3.61. The Hall–Kier alpha value is -1.42. The van der Waals surface area contributed by atoms with E-state index in [0.29, 0.717) is 0 Å². The first-order valence-electron chi connectivity index (χ1n) is 5.94. The van der Waals surface area contributed by atoms with Crippen LogP contribution in [0.25, 0.3) is 0 Å². The lowest BCUT2D eigenvalue weighted by atomic mass is 10.2. The molecule has 0 unspecified atom stereocenters. The Labute approximate surface area is 111 Å². The fourth-order valence-corrected chi connectivity index (χ4v) is 2.78. The van der Waals surface area contributed by atoms with Gasteiger partial charge in [0.05, 0.1) is 17.1 Å². The quantitative estimate of drug-likeness (QED) is 0.810. The van der Waals surface area contributed by atoms with Crippen molar-refractivity contribution in [3.05, 3.63) is 29.6 Å². The molecular formula is C13H14FNO3S. The monoisotopic (exact) mass is 283 g/mol. The highest BCUT2D eigenvalue weighted by Crippen LogP contribution is 2.22. The maximum Gasteiger partial charge on any atom is 0.240 e. The SMILES string of the molecule is O=S(=O)(NC1CC1)c1ccc(C#CCCO)c(F)c1. The molecule has 0 aliphatic heterocycles. The molecule has 1 aliphatic carbocycles. The zero-order valence-corrected chi connectivity index (χ0v) is 11.0. The molecule has 0 heterocycles. The van der Waals surface area contributed by atoms with Crippen LogP contribution < -0.4 is 4.72 Å². The summed E-state index contributed by atoms with van der Waals surface area (Å²) in [5, 5.41) is 8.57. The van der Waals surface area contributed by atoms with Crippen LogP contribution in [0.1, 0.15) is 24.8 Å². The summed E-state index contributed by atoms with van der Waals surface area (Å²) in [6.07, 6.45) is 1.90. The highest BCUT2D eigenvalue weighted by molar-refractivity contribution is 7.89.